The Morgan fingerprint density at radius 2 is 1.72 bits per heavy atom. The van der Waals surface area contributed by atoms with E-state index in [-0.39, 0.29) is 17.1 Å². The quantitative estimate of drug-likeness (QED) is 0.827. The molecule has 1 aliphatic rings. The van der Waals surface area contributed by atoms with Gasteiger partial charge in [-0.15, -0.1) is 0 Å². The molecule has 3 rings (SSSR count). The van der Waals surface area contributed by atoms with Gasteiger partial charge in [0, 0.05) is 17.5 Å². The Hall–Kier alpha value is -3.27. The van der Waals surface area contributed by atoms with Gasteiger partial charge in [0.1, 0.15) is 17.3 Å². The first-order valence-electron chi connectivity index (χ1n) is 7.81. The van der Waals surface area contributed by atoms with E-state index in [9.17, 15) is 14.6 Å². The SMILES string of the molecule is C=C(c1c(O)cccc1F)N1C=CC=C/C1=C(/C)c1ccccc1O. The minimum Gasteiger partial charge on any atom is -0.507 e. The second-order valence-corrected chi connectivity index (χ2v) is 5.68. The summed E-state index contributed by atoms with van der Waals surface area (Å²) in [6.45, 7) is 5.83. The molecule has 2 aromatic rings. The summed E-state index contributed by atoms with van der Waals surface area (Å²) in [5.74, 6) is -0.560. The van der Waals surface area contributed by atoms with Crippen molar-refractivity contribution in [2.75, 3.05) is 0 Å². The van der Waals surface area contributed by atoms with Gasteiger partial charge < -0.3 is 15.1 Å². The van der Waals surface area contributed by atoms with Crippen LogP contribution >= 0.6 is 0 Å². The summed E-state index contributed by atoms with van der Waals surface area (Å²) in [5, 5.41) is 20.2. The van der Waals surface area contributed by atoms with Crippen molar-refractivity contribution < 1.29 is 14.6 Å². The second-order valence-electron chi connectivity index (χ2n) is 5.68. The van der Waals surface area contributed by atoms with Crippen molar-refractivity contribution in [3.8, 4) is 11.5 Å². The van der Waals surface area contributed by atoms with Gasteiger partial charge in [0.05, 0.1) is 11.3 Å². The number of halogens is 1. The molecule has 0 bridgehead atoms. The molecule has 0 unspecified atom stereocenters. The lowest BCUT2D eigenvalue weighted by Gasteiger charge is -2.28. The van der Waals surface area contributed by atoms with Crippen LogP contribution in [0.4, 0.5) is 4.39 Å². The average molecular weight is 335 g/mol. The van der Waals surface area contributed by atoms with Gasteiger partial charge in [0.15, 0.2) is 0 Å². The normalized spacial score (nSPS) is 15.4. The van der Waals surface area contributed by atoms with Gasteiger partial charge >= 0.3 is 0 Å². The maximum atomic E-state index is 14.2. The summed E-state index contributed by atoms with van der Waals surface area (Å²) >= 11 is 0. The third kappa shape index (κ3) is 3.06. The summed E-state index contributed by atoms with van der Waals surface area (Å²) in [5.41, 5.74) is 2.56. The highest BCUT2D eigenvalue weighted by atomic mass is 19.1. The van der Waals surface area contributed by atoms with E-state index in [1.165, 1.54) is 18.2 Å². The van der Waals surface area contributed by atoms with Crippen LogP contribution < -0.4 is 0 Å². The lowest BCUT2D eigenvalue weighted by atomic mass is 10.0. The van der Waals surface area contributed by atoms with Crippen LogP contribution in [-0.2, 0) is 0 Å². The molecule has 0 amide bonds. The minimum absolute atomic E-state index is 0.0463. The van der Waals surface area contributed by atoms with E-state index in [4.69, 9.17) is 0 Å². The zero-order valence-electron chi connectivity index (χ0n) is 13.8. The summed E-state index contributed by atoms with van der Waals surface area (Å²) < 4.78 is 14.2. The van der Waals surface area contributed by atoms with Crippen molar-refractivity contribution in [1.82, 2.24) is 4.90 Å². The van der Waals surface area contributed by atoms with Crippen LogP contribution in [0.15, 0.2) is 79.2 Å². The molecule has 0 saturated heterocycles. The lowest BCUT2D eigenvalue weighted by molar-refractivity contribution is 0.463. The van der Waals surface area contributed by atoms with Crippen molar-refractivity contribution in [3.05, 3.63) is 96.1 Å². The van der Waals surface area contributed by atoms with E-state index in [0.717, 1.165) is 11.3 Å². The molecule has 4 heteroatoms. The van der Waals surface area contributed by atoms with Crippen LogP contribution in [0.5, 0.6) is 11.5 Å². The molecule has 1 aliphatic heterocycles. The predicted octanol–water partition coefficient (Wildman–Crippen LogP) is 5.02. The fourth-order valence-corrected chi connectivity index (χ4v) is 2.83. The topological polar surface area (TPSA) is 43.7 Å². The van der Waals surface area contributed by atoms with E-state index in [1.807, 2.05) is 31.2 Å². The number of aromatic hydroxyl groups is 2. The number of hydrogen-bond donors (Lipinski definition) is 2. The van der Waals surface area contributed by atoms with Crippen molar-refractivity contribution in [2.45, 2.75) is 6.92 Å². The van der Waals surface area contributed by atoms with E-state index in [2.05, 4.69) is 6.58 Å². The van der Waals surface area contributed by atoms with Crippen molar-refractivity contribution in [1.29, 1.82) is 0 Å². The molecule has 2 aromatic carbocycles. The molecule has 0 fully saturated rings. The number of benzene rings is 2. The van der Waals surface area contributed by atoms with Crippen molar-refractivity contribution in [2.24, 2.45) is 0 Å². The summed E-state index contributed by atoms with van der Waals surface area (Å²) in [4.78, 5) is 1.69. The minimum atomic E-state index is -0.549. The highest BCUT2D eigenvalue weighted by molar-refractivity contribution is 5.78. The summed E-state index contributed by atoms with van der Waals surface area (Å²) in [6, 6.07) is 11.2. The molecule has 0 aromatic heterocycles. The van der Waals surface area contributed by atoms with E-state index in [0.29, 0.717) is 11.3 Å². The number of phenols is 2. The van der Waals surface area contributed by atoms with Gasteiger partial charge in [-0.2, -0.15) is 0 Å². The molecular weight excluding hydrogens is 317 g/mol. The summed E-state index contributed by atoms with van der Waals surface area (Å²) in [7, 11) is 0. The molecule has 0 spiro atoms. The Morgan fingerprint density at radius 3 is 2.44 bits per heavy atom. The van der Waals surface area contributed by atoms with Crippen LogP contribution in [0, 0.1) is 5.82 Å². The second kappa shape index (κ2) is 6.69. The number of nitrogens with zero attached hydrogens (tertiary/aromatic N) is 1. The monoisotopic (exact) mass is 335 g/mol. The number of hydrogen-bond acceptors (Lipinski definition) is 3. The first-order valence-corrected chi connectivity index (χ1v) is 7.81. The standard InChI is InChI=1S/C21H18FNO2/c1-14(16-8-3-4-11-19(16)24)18-10-5-6-13-23(18)15(2)21-17(22)9-7-12-20(21)25/h3-13,24-25H,2H2,1H3/b18-14+. The van der Waals surface area contributed by atoms with Crippen LogP contribution in [0.25, 0.3) is 11.3 Å². The Balaban J connectivity index is 2.10. The van der Waals surface area contributed by atoms with Gasteiger partial charge in [-0.1, -0.05) is 36.9 Å². The Labute approximate surface area is 146 Å². The number of rotatable bonds is 3. The zero-order valence-corrected chi connectivity index (χ0v) is 13.8. The van der Waals surface area contributed by atoms with Crippen LogP contribution in [-0.4, -0.2) is 15.1 Å². The van der Waals surface area contributed by atoms with Crippen LogP contribution in [0.2, 0.25) is 0 Å². The van der Waals surface area contributed by atoms with Gasteiger partial charge in [-0.25, -0.2) is 4.39 Å². The van der Waals surface area contributed by atoms with Gasteiger partial charge in [0.2, 0.25) is 0 Å². The Morgan fingerprint density at radius 1 is 1.00 bits per heavy atom. The molecule has 2 N–H and O–H groups in total. The van der Waals surface area contributed by atoms with E-state index in [1.54, 1.807) is 29.3 Å². The molecule has 1 heterocycles. The molecule has 0 atom stereocenters. The molecule has 0 aliphatic carbocycles. The third-order valence-corrected chi connectivity index (χ3v) is 4.12. The van der Waals surface area contributed by atoms with Crippen LogP contribution in [0.3, 0.4) is 0 Å². The van der Waals surface area contributed by atoms with Gasteiger partial charge in [-0.3, -0.25) is 0 Å². The number of para-hydroxylation sites is 1. The Bertz CT molecular complexity index is 905. The molecule has 25 heavy (non-hydrogen) atoms. The highest BCUT2D eigenvalue weighted by Gasteiger charge is 2.21. The molecular formula is C21H18FNO2. The maximum absolute atomic E-state index is 14.2. The first-order chi connectivity index (χ1) is 12.0. The van der Waals surface area contributed by atoms with Gasteiger partial charge in [0.25, 0.3) is 0 Å². The smallest absolute Gasteiger partial charge is 0.136 e. The lowest BCUT2D eigenvalue weighted by Crippen LogP contribution is -2.17. The van der Waals surface area contributed by atoms with Crippen molar-refractivity contribution >= 4 is 11.3 Å². The highest BCUT2D eigenvalue weighted by Crippen LogP contribution is 2.36. The summed E-state index contributed by atoms with van der Waals surface area (Å²) in [6.07, 6.45) is 7.24. The van der Waals surface area contributed by atoms with Crippen molar-refractivity contribution in [3.63, 3.8) is 0 Å². The number of phenolic OH excluding ortho intramolecular Hbond substituents is 2. The van der Waals surface area contributed by atoms with Crippen LogP contribution in [0.1, 0.15) is 18.1 Å². The largest absolute Gasteiger partial charge is 0.507 e. The first kappa shape index (κ1) is 16.6. The zero-order chi connectivity index (χ0) is 18.0. The predicted molar refractivity (Wildman–Crippen MR) is 97.9 cm³/mol. The third-order valence-electron chi connectivity index (χ3n) is 4.12. The molecule has 126 valence electrons. The average Bonchev–Trinajstić information content (AvgIpc) is 2.61. The van der Waals surface area contributed by atoms with E-state index >= 15 is 0 Å². The molecule has 0 radical (unpaired) electrons. The number of allylic oxidation sites excluding steroid dienone is 4. The molecule has 0 saturated carbocycles. The fourth-order valence-electron chi connectivity index (χ4n) is 2.83. The fraction of sp³-hybridized carbons (Fsp3) is 0.0476. The maximum Gasteiger partial charge on any atom is 0.136 e. The molecule has 3 nitrogen and oxygen atoms in total. The van der Waals surface area contributed by atoms with E-state index < -0.39 is 5.82 Å². The van der Waals surface area contributed by atoms with Gasteiger partial charge in [-0.05, 0) is 42.8 Å². The Kier molecular flexibility index (Phi) is 4.44.